The number of amides is 1. The molecule has 8 nitrogen and oxygen atoms in total. The molecular formula is C18H20N2O6S. The van der Waals surface area contributed by atoms with Crippen LogP contribution in [0.1, 0.15) is 5.56 Å². The average molecular weight is 392 g/mol. The van der Waals surface area contributed by atoms with Crippen molar-refractivity contribution in [3.8, 4) is 17.2 Å². The Morgan fingerprint density at radius 2 is 1.93 bits per heavy atom. The molecule has 3 rings (SSSR count). The minimum atomic E-state index is -3.70. The number of anilines is 2. The van der Waals surface area contributed by atoms with Crippen molar-refractivity contribution in [2.75, 3.05) is 36.3 Å². The van der Waals surface area contributed by atoms with E-state index in [1.807, 2.05) is 13.0 Å². The minimum Gasteiger partial charge on any atom is -0.495 e. The van der Waals surface area contributed by atoms with Gasteiger partial charge >= 0.3 is 0 Å². The second kappa shape index (κ2) is 7.36. The van der Waals surface area contributed by atoms with Crippen LogP contribution in [0.2, 0.25) is 0 Å². The number of hydrogen-bond donors (Lipinski definition) is 1. The molecule has 9 heteroatoms. The highest BCUT2D eigenvalue weighted by atomic mass is 32.2. The molecule has 2 aromatic carbocycles. The Labute approximate surface area is 157 Å². The summed E-state index contributed by atoms with van der Waals surface area (Å²) in [6.45, 7) is 1.56. The largest absolute Gasteiger partial charge is 0.495 e. The molecule has 27 heavy (non-hydrogen) atoms. The Balaban J connectivity index is 1.83. The third kappa shape index (κ3) is 4.25. The van der Waals surface area contributed by atoms with Crippen molar-refractivity contribution in [1.29, 1.82) is 0 Å². The number of rotatable bonds is 6. The summed E-state index contributed by atoms with van der Waals surface area (Å²) in [7, 11) is -2.21. The van der Waals surface area contributed by atoms with E-state index in [9.17, 15) is 13.2 Å². The van der Waals surface area contributed by atoms with Crippen molar-refractivity contribution < 1.29 is 27.4 Å². The van der Waals surface area contributed by atoms with E-state index >= 15 is 0 Å². The number of fused-ring (bicyclic) bond motifs is 1. The number of ether oxygens (including phenoxy) is 3. The molecule has 0 aliphatic carbocycles. The molecule has 1 aliphatic rings. The van der Waals surface area contributed by atoms with Gasteiger partial charge in [-0.3, -0.25) is 9.10 Å². The number of nitrogens with one attached hydrogen (secondary N) is 1. The van der Waals surface area contributed by atoms with E-state index in [2.05, 4.69) is 5.32 Å². The van der Waals surface area contributed by atoms with Crippen molar-refractivity contribution in [3.63, 3.8) is 0 Å². The molecule has 0 spiro atoms. The second-order valence-corrected chi connectivity index (χ2v) is 7.97. The zero-order valence-electron chi connectivity index (χ0n) is 15.2. The fourth-order valence-electron chi connectivity index (χ4n) is 2.68. The highest BCUT2D eigenvalue weighted by molar-refractivity contribution is 7.92. The maximum atomic E-state index is 12.5. The van der Waals surface area contributed by atoms with Crippen LogP contribution in [-0.4, -0.2) is 41.0 Å². The molecule has 0 bridgehead atoms. The Bertz CT molecular complexity index is 974. The lowest BCUT2D eigenvalue weighted by molar-refractivity contribution is -0.114. The summed E-state index contributed by atoms with van der Waals surface area (Å²) in [6, 6.07) is 10.0. The smallest absolute Gasteiger partial charge is 0.245 e. The Kier molecular flexibility index (Phi) is 5.13. The fourth-order valence-corrected chi connectivity index (χ4v) is 3.53. The van der Waals surface area contributed by atoms with Crippen LogP contribution in [-0.2, 0) is 14.8 Å². The van der Waals surface area contributed by atoms with E-state index in [0.29, 0.717) is 28.6 Å². The first-order valence-corrected chi connectivity index (χ1v) is 9.94. The van der Waals surface area contributed by atoms with Gasteiger partial charge in [0.05, 0.1) is 24.7 Å². The SMILES string of the molecule is COc1ccc(C)cc1NC(=O)CN(c1ccc2c(c1)OCO2)S(C)(=O)=O. The van der Waals surface area contributed by atoms with Gasteiger partial charge in [0.1, 0.15) is 12.3 Å². The molecule has 1 aliphatic heterocycles. The van der Waals surface area contributed by atoms with Gasteiger partial charge in [0.25, 0.3) is 0 Å². The van der Waals surface area contributed by atoms with E-state index in [0.717, 1.165) is 16.1 Å². The monoisotopic (exact) mass is 392 g/mol. The Morgan fingerprint density at radius 1 is 1.19 bits per heavy atom. The molecule has 0 unspecified atom stereocenters. The molecule has 0 saturated carbocycles. The number of carbonyl (C=O) groups is 1. The van der Waals surface area contributed by atoms with E-state index in [-0.39, 0.29) is 6.79 Å². The van der Waals surface area contributed by atoms with Crippen molar-refractivity contribution in [2.45, 2.75) is 6.92 Å². The molecule has 0 radical (unpaired) electrons. The van der Waals surface area contributed by atoms with Crippen LogP contribution in [0.25, 0.3) is 0 Å². The number of sulfonamides is 1. The number of aryl methyl sites for hydroxylation is 1. The molecule has 1 N–H and O–H groups in total. The van der Waals surface area contributed by atoms with Crippen molar-refractivity contribution >= 4 is 27.3 Å². The molecule has 144 valence electrons. The fraction of sp³-hybridized carbons (Fsp3) is 0.278. The van der Waals surface area contributed by atoms with Crippen LogP contribution < -0.4 is 23.8 Å². The van der Waals surface area contributed by atoms with Gasteiger partial charge in [-0.2, -0.15) is 0 Å². The van der Waals surface area contributed by atoms with Gasteiger partial charge in [-0.15, -0.1) is 0 Å². The first-order chi connectivity index (χ1) is 12.8. The van der Waals surface area contributed by atoms with Gasteiger partial charge in [-0.1, -0.05) is 6.07 Å². The number of carbonyl (C=O) groups excluding carboxylic acids is 1. The Morgan fingerprint density at radius 3 is 2.63 bits per heavy atom. The van der Waals surface area contributed by atoms with E-state index in [1.54, 1.807) is 24.3 Å². The first kappa shape index (κ1) is 18.8. The summed E-state index contributed by atoms with van der Waals surface area (Å²) in [6.07, 6.45) is 1.04. The summed E-state index contributed by atoms with van der Waals surface area (Å²) in [5, 5.41) is 2.70. The lowest BCUT2D eigenvalue weighted by Crippen LogP contribution is -2.37. The highest BCUT2D eigenvalue weighted by Gasteiger charge is 2.24. The number of benzene rings is 2. The molecule has 1 heterocycles. The topological polar surface area (TPSA) is 94.2 Å². The van der Waals surface area contributed by atoms with Crippen LogP contribution in [0.15, 0.2) is 36.4 Å². The number of methoxy groups -OCH3 is 1. The highest BCUT2D eigenvalue weighted by Crippen LogP contribution is 2.36. The van der Waals surface area contributed by atoms with E-state index in [4.69, 9.17) is 14.2 Å². The number of hydrogen-bond acceptors (Lipinski definition) is 6. The van der Waals surface area contributed by atoms with Crippen molar-refractivity contribution in [3.05, 3.63) is 42.0 Å². The molecule has 0 atom stereocenters. The third-order valence-corrected chi connectivity index (χ3v) is 5.10. The molecular weight excluding hydrogens is 372 g/mol. The first-order valence-electron chi connectivity index (χ1n) is 8.10. The van der Waals surface area contributed by atoms with Gasteiger partial charge in [0.2, 0.25) is 22.7 Å². The molecule has 0 aromatic heterocycles. The van der Waals surface area contributed by atoms with Gasteiger partial charge in [0, 0.05) is 6.07 Å². The normalized spacial score (nSPS) is 12.6. The lowest BCUT2D eigenvalue weighted by Gasteiger charge is -2.22. The molecule has 2 aromatic rings. The van der Waals surface area contributed by atoms with Crippen LogP contribution in [0.3, 0.4) is 0 Å². The van der Waals surface area contributed by atoms with Crippen LogP contribution in [0.5, 0.6) is 17.2 Å². The van der Waals surface area contributed by atoms with Gasteiger partial charge in [-0.05, 0) is 36.8 Å². The predicted molar refractivity (Wildman–Crippen MR) is 101 cm³/mol. The van der Waals surface area contributed by atoms with Crippen LogP contribution in [0.4, 0.5) is 11.4 Å². The third-order valence-electron chi connectivity index (χ3n) is 3.96. The summed E-state index contributed by atoms with van der Waals surface area (Å²) >= 11 is 0. The van der Waals surface area contributed by atoms with Gasteiger partial charge in [0.15, 0.2) is 11.5 Å². The van der Waals surface area contributed by atoms with Crippen molar-refractivity contribution in [2.24, 2.45) is 0 Å². The molecule has 0 fully saturated rings. The van der Waals surface area contributed by atoms with Gasteiger partial charge in [-0.25, -0.2) is 8.42 Å². The van der Waals surface area contributed by atoms with Crippen molar-refractivity contribution in [1.82, 2.24) is 0 Å². The maximum absolute atomic E-state index is 12.5. The predicted octanol–water partition coefficient (Wildman–Crippen LogP) is 2.14. The summed E-state index contributed by atoms with van der Waals surface area (Å²) in [5.74, 6) is 0.952. The minimum absolute atomic E-state index is 0.0747. The summed E-state index contributed by atoms with van der Waals surface area (Å²) in [5.41, 5.74) is 1.72. The molecule has 0 saturated heterocycles. The Hall–Kier alpha value is -2.94. The number of nitrogens with zero attached hydrogens (tertiary/aromatic N) is 1. The van der Waals surface area contributed by atoms with E-state index in [1.165, 1.54) is 13.2 Å². The summed E-state index contributed by atoms with van der Waals surface area (Å²) < 4.78 is 41.2. The average Bonchev–Trinajstić information content (AvgIpc) is 3.06. The lowest BCUT2D eigenvalue weighted by atomic mass is 10.2. The standard InChI is InChI=1S/C18H20N2O6S/c1-12-4-6-15(24-2)14(8-12)19-18(21)10-20(27(3,22)23)13-5-7-16-17(9-13)26-11-25-16/h4-9H,10-11H2,1-3H3,(H,19,21). The molecule has 1 amide bonds. The van der Waals surface area contributed by atoms with Crippen LogP contribution in [0, 0.1) is 6.92 Å². The van der Waals surface area contributed by atoms with Gasteiger partial charge < -0.3 is 19.5 Å². The van der Waals surface area contributed by atoms with Crippen LogP contribution >= 0.6 is 0 Å². The second-order valence-electron chi connectivity index (χ2n) is 6.06. The zero-order chi connectivity index (χ0) is 19.6. The zero-order valence-corrected chi connectivity index (χ0v) is 16.0. The quantitative estimate of drug-likeness (QED) is 0.809. The maximum Gasteiger partial charge on any atom is 0.245 e. The summed E-state index contributed by atoms with van der Waals surface area (Å²) in [4.78, 5) is 12.5. The van der Waals surface area contributed by atoms with E-state index < -0.39 is 22.5 Å².